The lowest BCUT2D eigenvalue weighted by molar-refractivity contribution is 0.980. The first-order valence-electron chi connectivity index (χ1n) is 6.42. The van der Waals surface area contributed by atoms with E-state index in [4.69, 9.17) is 28.5 Å². The van der Waals surface area contributed by atoms with E-state index >= 15 is 0 Å². The first-order valence-corrected chi connectivity index (χ1v) is 7.33. The minimum atomic E-state index is 0.312. The van der Waals surface area contributed by atoms with Gasteiger partial charge in [-0.15, -0.1) is 11.6 Å². The Morgan fingerprint density at radius 3 is 2.57 bits per heavy atom. The summed E-state index contributed by atoms with van der Waals surface area (Å²) >= 11 is 12.0. The van der Waals surface area contributed by atoms with E-state index in [1.807, 2.05) is 47.0 Å². The van der Waals surface area contributed by atoms with Gasteiger partial charge in [0.1, 0.15) is 5.82 Å². The van der Waals surface area contributed by atoms with Crippen molar-refractivity contribution in [3.63, 3.8) is 0 Å². The molecule has 3 aromatic rings. The van der Waals surface area contributed by atoms with E-state index in [1.54, 1.807) is 0 Å². The van der Waals surface area contributed by atoms with Crippen molar-refractivity contribution in [3.05, 3.63) is 58.9 Å². The number of fused-ring (bicyclic) bond motifs is 1. The van der Waals surface area contributed by atoms with E-state index < -0.39 is 0 Å². The highest BCUT2D eigenvalue weighted by atomic mass is 35.5. The minimum absolute atomic E-state index is 0.312. The quantitative estimate of drug-likeness (QED) is 0.668. The average Bonchev–Trinajstić information content (AvgIpc) is 2.86. The van der Waals surface area contributed by atoms with E-state index in [0.717, 1.165) is 28.1 Å². The molecule has 5 heteroatoms. The number of imidazole rings is 1. The summed E-state index contributed by atoms with van der Waals surface area (Å²) in [4.78, 5) is 4.52. The van der Waals surface area contributed by atoms with Crippen LogP contribution in [0.1, 0.15) is 11.4 Å². The summed E-state index contributed by atoms with van der Waals surface area (Å²) in [6.07, 6.45) is 0.406. The fraction of sp³-hybridized carbons (Fsp3) is 0.125. The zero-order valence-electron chi connectivity index (χ0n) is 11.1. The van der Waals surface area contributed by atoms with E-state index in [0.29, 0.717) is 17.3 Å². The Kier molecular flexibility index (Phi) is 3.83. The fourth-order valence-electron chi connectivity index (χ4n) is 2.34. The summed E-state index contributed by atoms with van der Waals surface area (Å²) in [6, 6.07) is 15.6. The zero-order valence-corrected chi connectivity index (χ0v) is 12.6. The Bertz CT molecular complexity index is 829. The molecule has 1 heterocycles. The summed E-state index contributed by atoms with van der Waals surface area (Å²) in [5.74, 6) is 1.08. The number of hydrogen-bond acceptors (Lipinski definition) is 2. The number of hydrogen-bond donors (Lipinski definition) is 0. The van der Waals surface area contributed by atoms with Crippen LogP contribution in [0.15, 0.2) is 42.5 Å². The van der Waals surface area contributed by atoms with E-state index in [2.05, 4.69) is 11.1 Å². The fourth-order valence-corrected chi connectivity index (χ4v) is 2.68. The van der Waals surface area contributed by atoms with Crippen LogP contribution >= 0.6 is 23.2 Å². The van der Waals surface area contributed by atoms with E-state index in [9.17, 15) is 0 Å². The second-order valence-electron chi connectivity index (χ2n) is 4.63. The molecule has 0 bridgehead atoms. The average molecular weight is 316 g/mol. The first kappa shape index (κ1) is 13.9. The maximum atomic E-state index is 8.73. The van der Waals surface area contributed by atoms with Crippen LogP contribution < -0.4 is 0 Å². The van der Waals surface area contributed by atoms with Crippen LogP contribution in [0.3, 0.4) is 0 Å². The van der Waals surface area contributed by atoms with Gasteiger partial charge in [-0.3, -0.25) is 4.57 Å². The van der Waals surface area contributed by atoms with Gasteiger partial charge in [-0.25, -0.2) is 4.98 Å². The van der Waals surface area contributed by atoms with E-state index in [1.165, 1.54) is 0 Å². The Morgan fingerprint density at radius 1 is 1.14 bits per heavy atom. The van der Waals surface area contributed by atoms with Gasteiger partial charge in [0.05, 0.1) is 29.4 Å². The second-order valence-corrected chi connectivity index (χ2v) is 5.34. The molecule has 2 aromatic carbocycles. The Morgan fingerprint density at radius 2 is 1.90 bits per heavy atom. The van der Waals surface area contributed by atoms with Crippen molar-refractivity contribution in [1.29, 1.82) is 5.26 Å². The lowest BCUT2D eigenvalue weighted by Gasteiger charge is -2.08. The molecular formula is C16H11Cl2N3. The van der Waals surface area contributed by atoms with Crippen molar-refractivity contribution in [2.75, 3.05) is 0 Å². The van der Waals surface area contributed by atoms with Crippen LogP contribution in [0.25, 0.3) is 16.7 Å². The molecule has 0 aliphatic rings. The first-order chi connectivity index (χ1) is 10.2. The third kappa shape index (κ3) is 2.61. The number of aromatic nitrogens is 2. The highest BCUT2D eigenvalue weighted by Crippen LogP contribution is 2.25. The van der Waals surface area contributed by atoms with Gasteiger partial charge in [0.15, 0.2) is 0 Å². The molecular weight excluding hydrogens is 305 g/mol. The summed E-state index contributed by atoms with van der Waals surface area (Å²) < 4.78 is 2.01. The molecule has 0 aliphatic carbocycles. The van der Waals surface area contributed by atoms with Gasteiger partial charge in [-0.1, -0.05) is 23.7 Å². The van der Waals surface area contributed by atoms with Crippen molar-refractivity contribution in [3.8, 4) is 11.8 Å². The molecule has 0 N–H and O–H groups in total. The lowest BCUT2D eigenvalue weighted by atomic mass is 10.1. The molecule has 1 aromatic heterocycles. The molecule has 0 atom stereocenters. The van der Waals surface area contributed by atoms with Gasteiger partial charge in [0.25, 0.3) is 0 Å². The number of rotatable bonds is 3. The van der Waals surface area contributed by atoms with Crippen molar-refractivity contribution >= 4 is 34.2 Å². The van der Waals surface area contributed by atoms with Gasteiger partial charge in [0, 0.05) is 10.7 Å². The largest absolute Gasteiger partial charge is 0.295 e. The maximum absolute atomic E-state index is 8.73. The summed E-state index contributed by atoms with van der Waals surface area (Å²) in [5.41, 5.74) is 3.74. The van der Waals surface area contributed by atoms with Crippen LogP contribution in [-0.2, 0) is 12.3 Å². The Hall–Kier alpha value is -2.02. The normalized spacial score (nSPS) is 10.7. The van der Waals surface area contributed by atoms with Gasteiger partial charge in [-0.2, -0.15) is 5.26 Å². The Labute approximate surface area is 132 Å². The predicted molar refractivity (Wildman–Crippen MR) is 85.0 cm³/mol. The summed E-state index contributed by atoms with van der Waals surface area (Å²) in [5, 5.41) is 9.38. The van der Waals surface area contributed by atoms with Gasteiger partial charge >= 0.3 is 0 Å². The van der Waals surface area contributed by atoms with Crippen molar-refractivity contribution in [2.45, 2.75) is 12.3 Å². The highest BCUT2D eigenvalue weighted by Gasteiger charge is 2.12. The number of alkyl halides is 1. The number of nitriles is 1. The van der Waals surface area contributed by atoms with Crippen LogP contribution in [0.4, 0.5) is 0 Å². The topological polar surface area (TPSA) is 41.6 Å². The molecule has 0 fully saturated rings. The number of benzene rings is 2. The number of nitrogens with zero attached hydrogens (tertiary/aromatic N) is 3. The van der Waals surface area contributed by atoms with Crippen molar-refractivity contribution in [2.24, 2.45) is 0 Å². The zero-order chi connectivity index (χ0) is 14.8. The molecule has 3 nitrogen and oxygen atoms in total. The lowest BCUT2D eigenvalue weighted by Crippen LogP contribution is -1.99. The second kappa shape index (κ2) is 5.77. The van der Waals surface area contributed by atoms with Crippen LogP contribution in [-0.4, -0.2) is 9.55 Å². The monoisotopic (exact) mass is 315 g/mol. The van der Waals surface area contributed by atoms with Gasteiger partial charge in [0.2, 0.25) is 0 Å². The van der Waals surface area contributed by atoms with Crippen LogP contribution in [0.5, 0.6) is 0 Å². The minimum Gasteiger partial charge on any atom is -0.295 e. The molecule has 0 saturated carbocycles. The molecule has 0 amide bonds. The van der Waals surface area contributed by atoms with Gasteiger partial charge < -0.3 is 0 Å². The molecule has 0 aliphatic heterocycles. The smallest absolute Gasteiger partial charge is 0.129 e. The van der Waals surface area contributed by atoms with Gasteiger partial charge in [-0.05, 0) is 35.9 Å². The third-order valence-corrected chi connectivity index (χ3v) is 3.76. The highest BCUT2D eigenvalue weighted by molar-refractivity contribution is 6.31. The van der Waals surface area contributed by atoms with Crippen molar-refractivity contribution in [1.82, 2.24) is 9.55 Å². The SMILES string of the molecule is N#CCc1ccc(-n2c(CCl)nc3cc(Cl)ccc32)cc1. The standard InChI is InChI=1S/C16H11Cl2N3/c17-10-16-20-14-9-12(18)3-6-15(14)21(16)13-4-1-11(2-5-13)7-8-19/h1-6,9H,7,10H2. The van der Waals surface area contributed by atoms with Crippen LogP contribution in [0.2, 0.25) is 5.02 Å². The maximum Gasteiger partial charge on any atom is 0.129 e. The van der Waals surface area contributed by atoms with Crippen molar-refractivity contribution < 1.29 is 0 Å². The molecule has 0 unspecified atom stereocenters. The molecule has 0 saturated heterocycles. The molecule has 3 rings (SSSR count). The molecule has 104 valence electrons. The summed E-state index contributed by atoms with van der Waals surface area (Å²) in [7, 11) is 0. The van der Waals surface area contributed by atoms with Crippen LogP contribution in [0, 0.1) is 11.3 Å². The summed E-state index contributed by atoms with van der Waals surface area (Å²) in [6.45, 7) is 0. The van der Waals surface area contributed by atoms with E-state index in [-0.39, 0.29) is 0 Å². The molecule has 21 heavy (non-hydrogen) atoms. The third-order valence-electron chi connectivity index (χ3n) is 3.28. The molecule has 0 spiro atoms. The Balaban J connectivity index is 2.16. The number of halogens is 2. The predicted octanol–water partition coefficient (Wildman–Crippen LogP) is 4.48. The molecule has 0 radical (unpaired) electrons.